The van der Waals surface area contributed by atoms with Gasteiger partial charge in [-0.15, -0.1) is 4.99 Å². The number of carbonyl (C=O) groups is 3. The Bertz CT molecular complexity index is 1730. The molecule has 1 fully saturated rings. The molecule has 2 atom stereocenters. The molecule has 3 aromatic carbocycles. The summed E-state index contributed by atoms with van der Waals surface area (Å²) in [7, 11) is 3.02. The van der Waals surface area contributed by atoms with Gasteiger partial charge in [0.25, 0.3) is 11.8 Å². The summed E-state index contributed by atoms with van der Waals surface area (Å²) >= 11 is 9.67. The number of aliphatic hydroxyl groups is 1. The van der Waals surface area contributed by atoms with Crippen LogP contribution in [-0.2, 0) is 16.9 Å². The van der Waals surface area contributed by atoms with Crippen LogP contribution in [-0.4, -0.2) is 59.8 Å². The maximum absolute atomic E-state index is 15.6. The summed E-state index contributed by atoms with van der Waals surface area (Å²) < 4.78 is 26.6. The molecule has 1 heterocycles. The maximum Gasteiger partial charge on any atom is 0.434 e. The Kier molecular flexibility index (Phi) is 10.8. The summed E-state index contributed by atoms with van der Waals surface area (Å²) in [4.78, 5) is 44.4. The molecule has 4 rings (SSSR count). The largest absolute Gasteiger partial charge is 0.497 e. The van der Waals surface area contributed by atoms with Gasteiger partial charge in [0.1, 0.15) is 22.9 Å². The van der Waals surface area contributed by atoms with E-state index in [0.29, 0.717) is 21.5 Å². The molecule has 0 unspecified atom stereocenters. The molecule has 11 nitrogen and oxygen atoms in total. The van der Waals surface area contributed by atoms with E-state index in [2.05, 4.69) is 31.6 Å². The number of aliphatic hydroxyl groups excluding tert-OH is 1. The molecule has 250 valence electrons. The first-order chi connectivity index (χ1) is 22.1. The van der Waals surface area contributed by atoms with Gasteiger partial charge in [-0.25, -0.2) is 9.18 Å². The van der Waals surface area contributed by atoms with Crippen LogP contribution in [0.15, 0.2) is 64.1 Å². The molecule has 0 radical (unpaired) electrons. The lowest BCUT2D eigenvalue weighted by Gasteiger charge is -2.35. The Morgan fingerprint density at radius 2 is 1.85 bits per heavy atom. The standard InChI is InChI=1S/C33H35BrClFN4O7/c1-32(2,3)17-33(23-10-8-20(34)13-25(23)36)29(43)40(30(39-33)38-31(44)45)26(16-41)18-7-11-24(35)22(12-18)28(42)37-15-19-6-9-21(46-4)14-27(19)47-5/h6-14,26,41H,15-17H2,1-5H3,(H,37,42)(H,38,39)(H,44,45)/t26-,33-/m1/s1. The van der Waals surface area contributed by atoms with Crippen molar-refractivity contribution in [1.82, 2.24) is 15.5 Å². The lowest BCUT2D eigenvalue weighted by atomic mass is 9.75. The third-order valence-electron chi connectivity index (χ3n) is 7.56. The molecular formula is C33H35BrClFN4O7. The zero-order chi connectivity index (χ0) is 34.7. The molecule has 1 saturated heterocycles. The van der Waals surface area contributed by atoms with Crippen LogP contribution in [0.4, 0.5) is 9.18 Å². The van der Waals surface area contributed by atoms with Crippen molar-refractivity contribution in [1.29, 1.82) is 0 Å². The number of carboxylic acid groups (broad SMARTS) is 1. The van der Waals surface area contributed by atoms with Gasteiger partial charge < -0.3 is 30.3 Å². The minimum absolute atomic E-state index is 0.0250. The number of halogens is 3. The number of hydrogen-bond acceptors (Lipinski definition) is 6. The highest BCUT2D eigenvalue weighted by Crippen LogP contribution is 2.43. The highest BCUT2D eigenvalue weighted by molar-refractivity contribution is 9.10. The molecule has 47 heavy (non-hydrogen) atoms. The van der Waals surface area contributed by atoms with Gasteiger partial charge in [-0.05, 0) is 53.8 Å². The van der Waals surface area contributed by atoms with Gasteiger partial charge in [0.05, 0.1) is 37.5 Å². The third kappa shape index (κ3) is 7.69. The fourth-order valence-corrected chi connectivity index (χ4v) is 6.16. The Morgan fingerprint density at radius 1 is 1.13 bits per heavy atom. The number of aliphatic imine (C=N–C) groups is 1. The smallest absolute Gasteiger partial charge is 0.434 e. The van der Waals surface area contributed by atoms with Crippen molar-refractivity contribution in [2.75, 3.05) is 20.8 Å². The van der Waals surface area contributed by atoms with Gasteiger partial charge in [-0.2, -0.15) is 0 Å². The zero-order valence-electron chi connectivity index (χ0n) is 26.4. The number of amides is 3. The van der Waals surface area contributed by atoms with Gasteiger partial charge in [-0.1, -0.05) is 60.4 Å². The molecule has 0 aromatic heterocycles. The number of nitrogens with one attached hydrogen (secondary N) is 2. The average molecular weight is 734 g/mol. The molecule has 0 spiro atoms. The second-order valence-corrected chi connectivity index (χ2v) is 13.4. The lowest BCUT2D eigenvalue weighted by molar-refractivity contribution is -0.135. The van der Waals surface area contributed by atoms with Crippen molar-refractivity contribution in [2.45, 2.75) is 45.3 Å². The van der Waals surface area contributed by atoms with E-state index in [9.17, 15) is 24.6 Å². The van der Waals surface area contributed by atoms with E-state index in [1.807, 2.05) is 20.8 Å². The predicted molar refractivity (Wildman–Crippen MR) is 177 cm³/mol. The Hall–Kier alpha value is -4.20. The zero-order valence-corrected chi connectivity index (χ0v) is 28.7. The first kappa shape index (κ1) is 35.7. The van der Waals surface area contributed by atoms with Crippen LogP contribution in [0.5, 0.6) is 11.5 Å². The number of guanidine groups is 1. The minimum atomic E-state index is -1.78. The molecule has 0 saturated carbocycles. The van der Waals surface area contributed by atoms with Crippen molar-refractivity contribution in [3.63, 3.8) is 0 Å². The topological polar surface area (TPSA) is 150 Å². The second-order valence-electron chi connectivity index (χ2n) is 12.1. The molecular weight excluding hydrogens is 699 g/mol. The molecule has 3 aromatic rings. The maximum atomic E-state index is 15.6. The van der Waals surface area contributed by atoms with Crippen molar-refractivity contribution >= 4 is 51.4 Å². The molecule has 0 aliphatic carbocycles. The summed E-state index contributed by atoms with van der Waals surface area (Å²) in [6.45, 7) is 4.94. The van der Waals surface area contributed by atoms with Crippen LogP contribution < -0.4 is 20.1 Å². The van der Waals surface area contributed by atoms with Crippen LogP contribution in [0.3, 0.4) is 0 Å². The number of ether oxygens (including phenoxy) is 2. The number of methoxy groups -OCH3 is 2. The van der Waals surface area contributed by atoms with Gasteiger partial charge in [0.15, 0.2) is 0 Å². The summed E-state index contributed by atoms with van der Waals surface area (Å²) in [5, 5.41) is 26.1. The van der Waals surface area contributed by atoms with E-state index < -0.39 is 53.3 Å². The average Bonchev–Trinajstić information content (AvgIpc) is 3.25. The van der Waals surface area contributed by atoms with E-state index in [1.165, 1.54) is 44.6 Å². The van der Waals surface area contributed by atoms with Gasteiger partial charge in [0.2, 0.25) is 5.96 Å². The monoisotopic (exact) mass is 732 g/mol. The van der Waals surface area contributed by atoms with Gasteiger partial charge in [-0.3, -0.25) is 14.5 Å². The third-order valence-corrected chi connectivity index (χ3v) is 8.39. The number of hydrogen-bond donors (Lipinski definition) is 4. The SMILES string of the molecule is COc1ccc(CNC(=O)c2cc([C@@H](CO)N3C(=O)[C@@](CC(C)(C)C)(c4ccc(Br)cc4F)N/C3=N\C(=O)O)ccc2Cl)c(OC)c1. The molecule has 3 amide bonds. The van der Waals surface area contributed by atoms with E-state index in [-0.39, 0.29) is 34.7 Å². The number of rotatable bonds is 10. The fourth-order valence-electron chi connectivity index (χ4n) is 5.63. The Balaban J connectivity index is 1.75. The normalized spacial score (nSPS) is 17.8. The van der Waals surface area contributed by atoms with Crippen LogP contribution >= 0.6 is 27.5 Å². The van der Waals surface area contributed by atoms with Gasteiger partial charge in [0, 0.05) is 28.2 Å². The Morgan fingerprint density at radius 3 is 2.45 bits per heavy atom. The van der Waals surface area contributed by atoms with Crippen molar-refractivity contribution < 1.29 is 38.5 Å². The first-order valence-corrected chi connectivity index (χ1v) is 15.6. The highest BCUT2D eigenvalue weighted by Gasteiger charge is 2.56. The number of carbonyl (C=O) groups excluding carboxylic acids is 2. The molecule has 1 aliphatic heterocycles. The van der Waals surface area contributed by atoms with Crippen molar-refractivity contribution in [2.24, 2.45) is 10.4 Å². The van der Waals surface area contributed by atoms with E-state index in [0.717, 1.165) is 4.90 Å². The quantitative estimate of drug-likeness (QED) is 0.198. The fraction of sp³-hybridized carbons (Fsp3) is 0.333. The Labute approximate surface area is 284 Å². The van der Waals surface area contributed by atoms with E-state index in [4.69, 9.17) is 21.1 Å². The summed E-state index contributed by atoms with van der Waals surface area (Å²) in [5.41, 5.74) is -1.43. The highest BCUT2D eigenvalue weighted by atomic mass is 79.9. The van der Waals surface area contributed by atoms with Crippen LogP contribution in [0, 0.1) is 11.2 Å². The van der Waals surface area contributed by atoms with Gasteiger partial charge >= 0.3 is 6.09 Å². The molecule has 14 heteroatoms. The predicted octanol–water partition coefficient (Wildman–Crippen LogP) is 6.02. The number of benzene rings is 3. The molecule has 4 N–H and O–H groups in total. The molecule has 1 aliphatic rings. The summed E-state index contributed by atoms with van der Waals surface area (Å²) in [6, 6.07) is 12.5. The summed E-state index contributed by atoms with van der Waals surface area (Å²) in [5.74, 6) is -1.33. The van der Waals surface area contributed by atoms with E-state index in [1.54, 1.807) is 24.3 Å². The van der Waals surface area contributed by atoms with E-state index >= 15 is 4.39 Å². The summed E-state index contributed by atoms with van der Waals surface area (Å²) in [6.07, 6.45) is -1.58. The second kappa shape index (κ2) is 14.3. The van der Waals surface area contributed by atoms with Crippen molar-refractivity contribution in [3.8, 4) is 11.5 Å². The van der Waals surface area contributed by atoms with Crippen LogP contribution in [0.1, 0.15) is 60.3 Å². The lowest BCUT2D eigenvalue weighted by Crippen LogP contribution is -2.47. The minimum Gasteiger partial charge on any atom is -0.497 e. The first-order valence-electron chi connectivity index (χ1n) is 14.4. The van der Waals surface area contributed by atoms with Crippen molar-refractivity contribution in [3.05, 3.63) is 92.2 Å². The van der Waals surface area contributed by atoms with Crippen LogP contribution in [0.25, 0.3) is 0 Å². The molecule has 0 bridgehead atoms. The number of nitrogens with zero attached hydrogens (tertiary/aromatic N) is 2. The van der Waals surface area contributed by atoms with Crippen LogP contribution in [0.2, 0.25) is 5.02 Å².